The van der Waals surface area contributed by atoms with Gasteiger partial charge in [-0.3, -0.25) is 4.79 Å². The highest BCUT2D eigenvalue weighted by Crippen LogP contribution is 2.35. The van der Waals surface area contributed by atoms with Gasteiger partial charge in [-0.1, -0.05) is 25.5 Å². The lowest BCUT2D eigenvalue weighted by molar-refractivity contribution is -0.137. The first kappa shape index (κ1) is 21.5. The topological polar surface area (TPSA) is 80.0 Å². The van der Waals surface area contributed by atoms with Crippen molar-refractivity contribution in [1.29, 1.82) is 0 Å². The summed E-state index contributed by atoms with van der Waals surface area (Å²) in [6, 6.07) is 10.2. The van der Waals surface area contributed by atoms with E-state index in [1.807, 2.05) is 24.3 Å². The summed E-state index contributed by atoms with van der Waals surface area (Å²) in [4.78, 5) is 31.1. The summed E-state index contributed by atoms with van der Waals surface area (Å²) >= 11 is 1.75. The summed E-state index contributed by atoms with van der Waals surface area (Å²) in [6.45, 7) is 5.97. The molecule has 4 heterocycles. The van der Waals surface area contributed by atoms with Crippen LogP contribution in [0, 0.1) is 11.8 Å². The van der Waals surface area contributed by atoms with Crippen molar-refractivity contribution in [2.24, 2.45) is 11.8 Å². The summed E-state index contributed by atoms with van der Waals surface area (Å²) in [6.07, 6.45) is 5.80. The molecule has 0 N–H and O–H groups in total. The van der Waals surface area contributed by atoms with E-state index in [2.05, 4.69) is 43.0 Å². The molecule has 1 aliphatic carbocycles. The Labute approximate surface area is 202 Å². The molecule has 1 saturated heterocycles. The van der Waals surface area contributed by atoms with E-state index < -0.39 is 0 Å². The lowest BCUT2D eigenvalue weighted by Gasteiger charge is -2.37. The fraction of sp³-hybridized carbons (Fsp3) is 0.480. The van der Waals surface area contributed by atoms with E-state index in [1.165, 1.54) is 4.88 Å². The normalized spacial score (nSPS) is 21.1. The first-order valence-corrected chi connectivity index (χ1v) is 13.1. The molecule has 0 radical (unpaired) electrons. The van der Waals surface area contributed by atoms with Crippen molar-refractivity contribution in [3.63, 3.8) is 0 Å². The quantitative estimate of drug-likeness (QED) is 0.437. The molecule has 2 unspecified atom stereocenters. The number of amides is 1. The number of carbonyl (C=O) groups is 1. The van der Waals surface area contributed by atoms with Crippen molar-refractivity contribution in [1.82, 2.24) is 29.9 Å². The molecule has 2 aliphatic rings. The predicted molar refractivity (Wildman–Crippen MR) is 134 cm³/mol. The number of anilines is 1. The van der Waals surface area contributed by atoms with Gasteiger partial charge in [0.25, 0.3) is 0 Å². The lowest BCUT2D eigenvalue weighted by atomic mass is 9.94. The number of hydrogen-bond acceptors (Lipinski definition) is 7. The summed E-state index contributed by atoms with van der Waals surface area (Å²) in [7, 11) is 0. The van der Waals surface area contributed by atoms with Gasteiger partial charge in [0, 0.05) is 37.0 Å². The van der Waals surface area contributed by atoms with Gasteiger partial charge >= 0.3 is 0 Å². The van der Waals surface area contributed by atoms with Crippen molar-refractivity contribution in [3.05, 3.63) is 41.5 Å². The average molecular weight is 476 g/mol. The molecule has 6 rings (SSSR count). The number of nitrogens with zero attached hydrogens (tertiary/aromatic N) is 7. The number of carbonyl (C=O) groups excluding carboxylic acids is 1. The highest BCUT2D eigenvalue weighted by atomic mass is 32.1. The Bertz CT molecular complexity index is 1290. The Morgan fingerprint density at radius 3 is 2.56 bits per heavy atom. The Kier molecular flexibility index (Phi) is 5.64. The van der Waals surface area contributed by atoms with E-state index in [0.717, 1.165) is 78.9 Å². The van der Waals surface area contributed by atoms with Crippen molar-refractivity contribution in [3.8, 4) is 0 Å². The predicted octanol–water partition coefficient (Wildman–Crippen LogP) is 3.76. The zero-order valence-electron chi connectivity index (χ0n) is 19.4. The van der Waals surface area contributed by atoms with Crippen LogP contribution in [-0.4, -0.2) is 61.9 Å². The Morgan fingerprint density at radius 1 is 1.06 bits per heavy atom. The van der Waals surface area contributed by atoms with Gasteiger partial charge in [0.05, 0.1) is 11.9 Å². The summed E-state index contributed by atoms with van der Waals surface area (Å²) in [5.74, 6) is 1.67. The van der Waals surface area contributed by atoms with Crippen LogP contribution in [0.3, 0.4) is 0 Å². The number of aryl methyl sites for hydroxylation is 1. The maximum Gasteiger partial charge on any atom is 0.226 e. The summed E-state index contributed by atoms with van der Waals surface area (Å²) in [5, 5.41) is 10.4. The maximum atomic E-state index is 13.5. The van der Waals surface area contributed by atoms with Crippen LogP contribution in [0.5, 0.6) is 0 Å². The molecule has 34 heavy (non-hydrogen) atoms. The van der Waals surface area contributed by atoms with Gasteiger partial charge in [0.1, 0.15) is 28.0 Å². The second-order valence-corrected chi connectivity index (χ2v) is 10.5. The largest absolute Gasteiger partial charge is 0.352 e. The van der Waals surface area contributed by atoms with Crippen molar-refractivity contribution in [2.75, 3.05) is 31.1 Å². The zero-order chi connectivity index (χ0) is 23.1. The van der Waals surface area contributed by atoms with Crippen molar-refractivity contribution in [2.45, 2.75) is 39.2 Å². The van der Waals surface area contributed by atoms with E-state index in [4.69, 9.17) is 0 Å². The fourth-order valence-electron chi connectivity index (χ4n) is 5.47. The van der Waals surface area contributed by atoms with Crippen LogP contribution in [0.2, 0.25) is 0 Å². The molecule has 2 atom stereocenters. The number of benzene rings is 1. The molecule has 0 bridgehead atoms. The molecule has 1 aromatic carbocycles. The first-order chi connectivity index (χ1) is 16.7. The van der Waals surface area contributed by atoms with Gasteiger partial charge in [0.2, 0.25) is 5.91 Å². The molecule has 9 heteroatoms. The van der Waals surface area contributed by atoms with Crippen LogP contribution in [0.15, 0.2) is 36.7 Å². The molecular formula is C25H29N7OS. The third-order valence-electron chi connectivity index (χ3n) is 7.30. The van der Waals surface area contributed by atoms with Crippen LogP contribution in [-0.2, 0) is 17.8 Å². The molecule has 4 aromatic rings. The molecule has 0 spiro atoms. The van der Waals surface area contributed by atoms with Gasteiger partial charge < -0.3 is 9.80 Å². The molecular weight excluding hydrogens is 446 g/mol. The number of thiophene rings is 1. The van der Waals surface area contributed by atoms with E-state index in [-0.39, 0.29) is 5.92 Å². The van der Waals surface area contributed by atoms with E-state index in [9.17, 15) is 4.79 Å². The minimum absolute atomic E-state index is 0.0652. The number of hydrogen-bond donors (Lipinski definition) is 0. The number of fused-ring (bicyclic) bond motifs is 2. The van der Waals surface area contributed by atoms with Crippen LogP contribution < -0.4 is 4.90 Å². The lowest BCUT2D eigenvalue weighted by Crippen LogP contribution is -2.51. The highest BCUT2D eigenvalue weighted by molar-refractivity contribution is 7.18. The molecule has 8 nitrogen and oxygen atoms in total. The number of piperazine rings is 1. The Balaban J connectivity index is 1.12. The van der Waals surface area contributed by atoms with Crippen LogP contribution in [0.1, 0.15) is 31.1 Å². The van der Waals surface area contributed by atoms with E-state index in [1.54, 1.807) is 22.5 Å². The van der Waals surface area contributed by atoms with Crippen LogP contribution >= 0.6 is 11.3 Å². The fourth-order valence-corrected chi connectivity index (χ4v) is 6.40. The molecule has 176 valence electrons. The van der Waals surface area contributed by atoms with Gasteiger partial charge in [-0.2, -0.15) is 15.0 Å². The molecule has 3 aromatic heterocycles. The van der Waals surface area contributed by atoms with Crippen LogP contribution in [0.4, 0.5) is 5.82 Å². The smallest absolute Gasteiger partial charge is 0.226 e. The molecule has 1 amide bonds. The SMILES string of the molecule is CCc1cc2c(N3CCN(C(=O)C4CCCC4Cn4nc5ccccc5n4)CC3)ncnc2s1. The van der Waals surface area contributed by atoms with Gasteiger partial charge in [-0.25, -0.2) is 9.97 Å². The minimum atomic E-state index is 0.0652. The number of rotatable bonds is 5. The first-order valence-electron chi connectivity index (χ1n) is 12.3. The summed E-state index contributed by atoms with van der Waals surface area (Å²) in [5.41, 5.74) is 1.82. The highest BCUT2D eigenvalue weighted by Gasteiger charge is 2.37. The van der Waals surface area contributed by atoms with E-state index in [0.29, 0.717) is 18.4 Å². The molecule has 2 fully saturated rings. The average Bonchev–Trinajstić information content (AvgIpc) is 3.61. The van der Waals surface area contributed by atoms with Gasteiger partial charge in [0.15, 0.2) is 0 Å². The van der Waals surface area contributed by atoms with Gasteiger partial charge in [-0.05, 0) is 43.4 Å². The minimum Gasteiger partial charge on any atom is -0.352 e. The standard InChI is InChI=1S/C25H29N7OS/c1-2-18-14-20-23(26-16-27-24(20)34-18)30-10-12-31(13-11-30)25(33)19-7-5-6-17(19)15-32-28-21-8-3-4-9-22(21)29-32/h3-4,8-9,14,16-17,19H,2,5-7,10-13,15H2,1H3. The third kappa shape index (κ3) is 3.91. The zero-order valence-corrected chi connectivity index (χ0v) is 20.2. The van der Waals surface area contributed by atoms with E-state index >= 15 is 0 Å². The molecule has 1 saturated carbocycles. The maximum absolute atomic E-state index is 13.5. The van der Waals surface area contributed by atoms with Crippen molar-refractivity contribution < 1.29 is 4.79 Å². The summed E-state index contributed by atoms with van der Waals surface area (Å²) < 4.78 is 0. The monoisotopic (exact) mass is 475 g/mol. The third-order valence-corrected chi connectivity index (χ3v) is 8.49. The van der Waals surface area contributed by atoms with Crippen molar-refractivity contribution >= 4 is 44.3 Å². The molecule has 1 aliphatic heterocycles. The van der Waals surface area contributed by atoms with Crippen LogP contribution in [0.25, 0.3) is 21.3 Å². The number of aromatic nitrogens is 5. The Morgan fingerprint density at radius 2 is 1.82 bits per heavy atom. The van der Waals surface area contributed by atoms with Gasteiger partial charge in [-0.15, -0.1) is 11.3 Å². The second kappa shape index (κ2) is 8.94. The second-order valence-electron chi connectivity index (χ2n) is 9.34. The Hall–Kier alpha value is -3.07.